The highest BCUT2D eigenvalue weighted by Gasteiger charge is 2.40. The predicted octanol–water partition coefficient (Wildman–Crippen LogP) is 4.66. The number of benzene rings is 2. The van der Waals surface area contributed by atoms with Crippen molar-refractivity contribution >= 4 is 11.7 Å². The van der Waals surface area contributed by atoms with Crippen LogP contribution in [0.15, 0.2) is 48.6 Å². The molecule has 2 aromatic rings. The van der Waals surface area contributed by atoms with E-state index in [4.69, 9.17) is 0 Å². The molecule has 2 N–H and O–H groups in total. The third-order valence-electron chi connectivity index (χ3n) is 5.17. The average Bonchev–Trinajstić information content (AvgIpc) is 3.04. The van der Waals surface area contributed by atoms with Gasteiger partial charge in [0, 0.05) is 11.6 Å². The lowest BCUT2D eigenvalue weighted by Gasteiger charge is -2.39. The maximum absolute atomic E-state index is 13.7. The molecule has 0 saturated heterocycles. The number of allylic oxidation sites excluding steroid dienone is 2. The normalized spacial score (nSPS) is 24.2. The van der Waals surface area contributed by atoms with Crippen LogP contribution in [0.2, 0.25) is 0 Å². The Morgan fingerprint density at radius 1 is 1.29 bits per heavy atom. The van der Waals surface area contributed by atoms with Crippen LogP contribution in [0, 0.1) is 18.7 Å². The zero-order valence-electron chi connectivity index (χ0n) is 13.3. The second-order valence-electron chi connectivity index (χ2n) is 6.55. The van der Waals surface area contributed by atoms with Gasteiger partial charge in [-0.15, -0.1) is 0 Å². The van der Waals surface area contributed by atoms with Gasteiger partial charge in [-0.1, -0.05) is 30.4 Å². The number of aryl methyl sites for hydroxylation is 1. The first-order chi connectivity index (χ1) is 11.6. The van der Waals surface area contributed by atoms with Crippen LogP contribution >= 0.6 is 0 Å². The number of fused-ring (bicyclic) bond motifs is 3. The van der Waals surface area contributed by atoms with Crippen LogP contribution in [0.1, 0.15) is 45.4 Å². The number of aromatic carboxylic acids is 1. The van der Waals surface area contributed by atoms with Crippen LogP contribution in [0.5, 0.6) is 0 Å². The van der Waals surface area contributed by atoms with Gasteiger partial charge in [-0.05, 0) is 54.2 Å². The molecule has 122 valence electrons. The number of carboxylic acid groups (broad SMARTS) is 1. The van der Waals surface area contributed by atoms with E-state index in [1.807, 2.05) is 19.1 Å². The summed E-state index contributed by atoms with van der Waals surface area (Å²) in [5.74, 6) is -0.922. The minimum atomic E-state index is -0.906. The molecular formula is C20H18FNO2. The molecule has 0 saturated carbocycles. The number of carboxylic acids is 1. The summed E-state index contributed by atoms with van der Waals surface area (Å²) in [6, 6.07) is 10.1. The summed E-state index contributed by atoms with van der Waals surface area (Å²) in [7, 11) is 0. The summed E-state index contributed by atoms with van der Waals surface area (Å²) in [6.07, 6.45) is 5.06. The third kappa shape index (κ3) is 2.21. The number of rotatable bonds is 2. The molecule has 0 unspecified atom stereocenters. The highest BCUT2D eigenvalue weighted by Crippen LogP contribution is 2.51. The minimum absolute atomic E-state index is 0.0315. The van der Waals surface area contributed by atoms with Gasteiger partial charge in [0.05, 0.1) is 11.6 Å². The van der Waals surface area contributed by atoms with Crippen LogP contribution in [0.25, 0.3) is 0 Å². The number of nitrogens with one attached hydrogen (secondary N) is 1. The van der Waals surface area contributed by atoms with E-state index in [0.717, 1.165) is 28.8 Å². The Morgan fingerprint density at radius 2 is 2.12 bits per heavy atom. The molecule has 24 heavy (non-hydrogen) atoms. The van der Waals surface area contributed by atoms with E-state index >= 15 is 0 Å². The third-order valence-corrected chi connectivity index (χ3v) is 5.17. The molecule has 2 aromatic carbocycles. The number of carbonyl (C=O) groups is 1. The Bertz CT molecular complexity index is 859. The van der Waals surface area contributed by atoms with Gasteiger partial charge in [0.2, 0.25) is 0 Å². The van der Waals surface area contributed by atoms with Crippen LogP contribution in [-0.4, -0.2) is 11.1 Å². The minimum Gasteiger partial charge on any atom is -0.478 e. The second kappa shape index (κ2) is 5.48. The van der Waals surface area contributed by atoms with Crippen LogP contribution in [-0.2, 0) is 0 Å². The highest BCUT2D eigenvalue weighted by molar-refractivity contribution is 5.93. The van der Waals surface area contributed by atoms with Gasteiger partial charge in [0.1, 0.15) is 5.82 Å². The highest BCUT2D eigenvalue weighted by atomic mass is 19.1. The SMILES string of the molecule is Cc1ccc(C(=O)O)c2c1N[C@H](c1cccc(F)c1)[C@@H]1CC=C[C@H]21. The zero-order chi connectivity index (χ0) is 16.8. The Morgan fingerprint density at radius 3 is 2.88 bits per heavy atom. The number of halogens is 1. The predicted molar refractivity (Wildman–Crippen MR) is 90.9 cm³/mol. The Kier molecular flexibility index (Phi) is 3.41. The summed E-state index contributed by atoms with van der Waals surface area (Å²) in [4.78, 5) is 11.7. The first kappa shape index (κ1) is 14.9. The molecular weight excluding hydrogens is 305 g/mol. The molecule has 4 heteroatoms. The summed E-state index contributed by atoms with van der Waals surface area (Å²) in [5, 5.41) is 13.1. The van der Waals surface area contributed by atoms with E-state index in [1.165, 1.54) is 6.07 Å². The molecule has 0 amide bonds. The van der Waals surface area contributed by atoms with Gasteiger partial charge >= 0.3 is 5.97 Å². The first-order valence-electron chi connectivity index (χ1n) is 8.11. The number of hydrogen-bond donors (Lipinski definition) is 2. The monoisotopic (exact) mass is 323 g/mol. The lowest BCUT2D eigenvalue weighted by Crippen LogP contribution is -2.31. The molecule has 0 radical (unpaired) electrons. The molecule has 1 aliphatic heterocycles. The molecule has 1 heterocycles. The van der Waals surface area contributed by atoms with Crippen LogP contribution in [0.4, 0.5) is 10.1 Å². The van der Waals surface area contributed by atoms with Crippen molar-refractivity contribution in [1.29, 1.82) is 0 Å². The quantitative estimate of drug-likeness (QED) is 0.790. The van der Waals surface area contributed by atoms with Gasteiger partial charge < -0.3 is 10.4 Å². The van der Waals surface area contributed by atoms with E-state index < -0.39 is 5.97 Å². The summed E-state index contributed by atoms with van der Waals surface area (Å²) >= 11 is 0. The molecule has 0 spiro atoms. The van der Waals surface area contributed by atoms with Crippen molar-refractivity contribution in [2.24, 2.45) is 5.92 Å². The fourth-order valence-electron chi connectivity index (χ4n) is 4.07. The van der Waals surface area contributed by atoms with Gasteiger partial charge in [0.25, 0.3) is 0 Å². The van der Waals surface area contributed by atoms with Crippen molar-refractivity contribution < 1.29 is 14.3 Å². The van der Waals surface area contributed by atoms with E-state index in [-0.39, 0.29) is 23.7 Å². The standard InChI is InChI=1S/C20H18FNO2/c1-11-8-9-16(20(23)24)17-14-6-3-7-15(14)19(22-18(11)17)12-4-2-5-13(21)10-12/h2-6,8-10,14-15,19,22H,7H2,1H3,(H,23,24)/t14-,15+,19+/m0/s1. The molecule has 0 bridgehead atoms. The van der Waals surface area contributed by atoms with Crippen LogP contribution in [0.3, 0.4) is 0 Å². The van der Waals surface area contributed by atoms with Gasteiger partial charge in [0.15, 0.2) is 0 Å². The Balaban J connectivity index is 1.88. The number of anilines is 1. The van der Waals surface area contributed by atoms with Crippen molar-refractivity contribution in [2.45, 2.75) is 25.3 Å². The second-order valence-corrected chi connectivity index (χ2v) is 6.55. The topological polar surface area (TPSA) is 49.3 Å². The van der Waals surface area contributed by atoms with E-state index in [0.29, 0.717) is 5.56 Å². The molecule has 4 rings (SSSR count). The largest absolute Gasteiger partial charge is 0.478 e. The summed E-state index contributed by atoms with van der Waals surface area (Å²) < 4.78 is 13.7. The van der Waals surface area contributed by atoms with E-state index in [1.54, 1.807) is 18.2 Å². The molecule has 0 fully saturated rings. The summed E-state index contributed by atoms with van der Waals surface area (Å²) in [5.41, 5.74) is 3.99. The first-order valence-corrected chi connectivity index (χ1v) is 8.11. The fraction of sp³-hybridized carbons (Fsp3) is 0.250. The average molecular weight is 323 g/mol. The lowest BCUT2D eigenvalue weighted by atomic mass is 9.75. The van der Waals surface area contributed by atoms with Crippen molar-refractivity contribution in [1.82, 2.24) is 0 Å². The van der Waals surface area contributed by atoms with Gasteiger partial charge in [-0.2, -0.15) is 0 Å². The van der Waals surface area contributed by atoms with Crippen molar-refractivity contribution in [3.63, 3.8) is 0 Å². The van der Waals surface area contributed by atoms with E-state index in [2.05, 4.69) is 17.5 Å². The summed E-state index contributed by atoms with van der Waals surface area (Å²) in [6.45, 7) is 1.97. The molecule has 2 aliphatic rings. The molecule has 1 aliphatic carbocycles. The Labute approximate surface area is 139 Å². The fourth-order valence-corrected chi connectivity index (χ4v) is 4.07. The van der Waals surface area contributed by atoms with E-state index in [9.17, 15) is 14.3 Å². The van der Waals surface area contributed by atoms with Crippen molar-refractivity contribution in [3.8, 4) is 0 Å². The molecule has 3 atom stereocenters. The van der Waals surface area contributed by atoms with Crippen molar-refractivity contribution in [2.75, 3.05) is 5.32 Å². The maximum Gasteiger partial charge on any atom is 0.336 e. The maximum atomic E-state index is 13.7. The molecule has 0 aromatic heterocycles. The lowest BCUT2D eigenvalue weighted by molar-refractivity contribution is 0.0695. The van der Waals surface area contributed by atoms with Gasteiger partial charge in [-0.25, -0.2) is 9.18 Å². The zero-order valence-corrected chi connectivity index (χ0v) is 13.3. The van der Waals surface area contributed by atoms with Gasteiger partial charge in [-0.3, -0.25) is 0 Å². The Hall–Kier alpha value is -2.62. The number of hydrogen-bond acceptors (Lipinski definition) is 2. The van der Waals surface area contributed by atoms with Crippen LogP contribution < -0.4 is 5.32 Å². The smallest absolute Gasteiger partial charge is 0.336 e. The molecule has 3 nitrogen and oxygen atoms in total. The van der Waals surface area contributed by atoms with Crippen molar-refractivity contribution in [3.05, 3.63) is 76.6 Å².